The van der Waals surface area contributed by atoms with Crippen LogP contribution in [0, 0.1) is 34.9 Å². The summed E-state index contributed by atoms with van der Waals surface area (Å²) in [6.45, 7) is 7.98. The summed E-state index contributed by atoms with van der Waals surface area (Å²) >= 11 is 0. The minimum atomic E-state index is 0. The molecule has 0 aromatic heterocycles. The van der Waals surface area contributed by atoms with Crippen molar-refractivity contribution in [1.82, 2.24) is 5.32 Å². The second-order valence-corrected chi connectivity index (χ2v) is 6.85. The van der Waals surface area contributed by atoms with Crippen molar-refractivity contribution in [2.75, 3.05) is 6.61 Å². The van der Waals surface area contributed by atoms with E-state index < -0.39 is 0 Å². The summed E-state index contributed by atoms with van der Waals surface area (Å²) < 4.78 is 4.29. The van der Waals surface area contributed by atoms with Gasteiger partial charge in [-0.05, 0) is 45.6 Å². The largest absolute Gasteiger partial charge is 0.555 e. The molecule has 0 heterocycles. The van der Waals surface area contributed by atoms with Crippen LogP contribution in [-0.4, -0.2) is 18.4 Å². The maximum Gasteiger partial charge on any atom is 0.126 e. The van der Waals surface area contributed by atoms with Crippen molar-refractivity contribution >= 4 is 5.78 Å². The predicted molar refractivity (Wildman–Crippen MR) is 118 cm³/mol. The van der Waals surface area contributed by atoms with E-state index in [9.17, 15) is 4.79 Å². The Bertz CT molecular complexity index is 231. The Kier molecular flexibility index (Phi) is 56.4. The van der Waals surface area contributed by atoms with Crippen molar-refractivity contribution in [2.45, 2.75) is 104 Å². The average Bonchev–Trinajstić information content (AvgIpc) is 2.63. The van der Waals surface area contributed by atoms with Gasteiger partial charge in [-0.15, -0.1) is 0 Å². The molecule has 0 saturated heterocycles. The fourth-order valence-electron chi connectivity index (χ4n) is 2.90. The zero-order valence-corrected chi connectivity index (χ0v) is 25.7. The number of ketones is 1. The maximum absolute atomic E-state index is 9.44. The number of carbonyl (C=O) groups excluding carboxylic acids is 1. The van der Waals surface area contributed by atoms with Crippen LogP contribution in [-0.2, 0) is 74.9 Å². The van der Waals surface area contributed by atoms with Crippen molar-refractivity contribution in [1.29, 1.82) is 0 Å². The molecular formula is C23H49NO2Y2-4. The van der Waals surface area contributed by atoms with Gasteiger partial charge in [0, 0.05) is 72.0 Å². The van der Waals surface area contributed by atoms with Crippen LogP contribution < -0.4 is 5.32 Å². The van der Waals surface area contributed by atoms with Gasteiger partial charge >= 0.3 is 0 Å². The van der Waals surface area contributed by atoms with Gasteiger partial charge in [0.25, 0.3) is 0 Å². The number of hydrogen-bond acceptors (Lipinski definition) is 3. The number of ether oxygens (including phenoxy) is 1. The van der Waals surface area contributed by atoms with Crippen LogP contribution in [0.3, 0.4) is 0 Å². The van der Waals surface area contributed by atoms with Crippen LogP contribution in [0.4, 0.5) is 0 Å². The third kappa shape index (κ3) is 38.4. The summed E-state index contributed by atoms with van der Waals surface area (Å²) in [5.41, 5.74) is 0. The molecule has 0 atom stereocenters. The Morgan fingerprint density at radius 1 is 0.893 bits per heavy atom. The van der Waals surface area contributed by atoms with E-state index in [4.69, 9.17) is 0 Å². The molecule has 0 amide bonds. The van der Waals surface area contributed by atoms with Crippen LogP contribution in [0.1, 0.15) is 98.3 Å². The van der Waals surface area contributed by atoms with Gasteiger partial charge in [-0.3, -0.25) is 7.05 Å². The first-order valence-electron chi connectivity index (χ1n) is 9.88. The van der Waals surface area contributed by atoms with Gasteiger partial charge in [0.05, 0.1) is 0 Å². The fraction of sp³-hybridized carbons (Fsp3) is 0.783. The molecule has 28 heavy (non-hydrogen) atoms. The van der Waals surface area contributed by atoms with Crippen molar-refractivity contribution in [2.24, 2.45) is 5.92 Å². The molecule has 2 saturated carbocycles. The van der Waals surface area contributed by atoms with Crippen LogP contribution in [0.2, 0.25) is 0 Å². The Morgan fingerprint density at radius 2 is 1.21 bits per heavy atom. The Labute approximate surface area is 229 Å². The Morgan fingerprint density at radius 3 is 1.39 bits per heavy atom. The molecular weight excluding hydrogens is 500 g/mol. The molecule has 2 aliphatic carbocycles. The summed E-state index contributed by atoms with van der Waals surface area (Å²) in [4.78, 5) is 9.44. The first kappa shape index (κ1) is 43.6. The van der Waals surface area contributed by atoms with E-state index in [1.807, 2.05) is 6.92 Å². The molecule has 168 valence electrons. The third-order valence-electron chi connectivity index (χ3n) is 4.40. The van der Waals surface area contributed by atoms with E-state index in [2.05, 4.69) is 31.1 Å². The number of Topliss-reactive ketones (excluding diaryl/α,β-unsaturated/α-hetero) is 1. The SMILES string of the molecule is CC(C)=O.CCC1CCCCC1.[CH2-]NC1CCCCC1.[CH2-]OCC.[CH3-].[CH3-].[Y].[Y]. The number of nitrogens with one attached hydrogen (secondary N) is 1. The molecule has 0 spiro atoms. The number of carbonyl (C=O) groups is 1. The molecule has 2 radical (unpaired) electrons. The van der Waals surface area contributed by atoms with Gasteiger partial charge in [-0.1, -0.05) is 64.7 Å². The van der Waals surface area contributed by atoms with Crippen molar-refractivity contribution in [3.8, 4) is 0 Å². The van der Waals surface area contributed by atoms with Crippen molar-refractivity contribution < 1.29 is 74.9 Å². The smallest absolute Gasteiger partial charge is 0.126 e. The second kappa shape index (κ2) is 36.2. The molecule has 0 aliphatic heterocycles. The predicted octanol–water partition coefficient (Wildman–Crippen LogP) is 6.98. The number of rotatable bonds is 3. The quantitative estimate of drug-likeness (QED) is 0.386. The molecule has 5 heteroatoms. The molecule has 2 aliphatic rings. The van der Waals surface area contributed by atoms with Crippen LogP contribution in [0.5, 0.6) is 0 Å². The van der Waals surface area contributed by atoms with Gasteiger partial charge in [-0.2, -0.15) is 0 Å². The monoisotopic (exact) mass is 549 g/mol. The van der Waals surface area contributed by atoms with Crippen LogP contribution in [0.15, 0.2) is 0 Å². The van der Waals surface area contributed by atoms with E-state index in [0.29, 0.717) is 6.61 Å². The molecule has 0 aromatic carbocycles. The fourth-order valence-corrected chi connectivity index (χ4v) is 2.90. The maximum atomic E-state index is 9.44. The summed E-state index contributed by atoms with van der Waals surface area (Å²) in [6.07, 6.45) is 15.8. The summed E-state index contributed by atoms with van der Waals surface area (Å²) in [5.74, 6) is 1.25. The van der Waals surface area contributed by atoms with Crippen LogP contribution >= 0.6 is 0 Å². The Hall–Kier alpha value is 1.80. The molecule has 2 rings (SSSR count). The van der Waals surface area contributed by atoms with Crippen LogP contribution in [0.25, 0.3) is 0 Å². The van der Waals surface area contributed by atoms with Gasteiger partial charge in [0.2, 0.25) is 0 Å². The zero-order chi connectivity index (χ0) is 18.6. The zero-order valence-electron chi connectivity index (χ0n) is 20.0. The van der Waals surface area contributed by atoms with E-state index in [-0.39, 0.29) is 86.1 Å². The van der Waals surface area contributed by atoms with Crippen molar-refractivity contribution in [3.63, 3.8) is 0 Å². The van der Waals surface area contributed by atoms with E-state index in [1.165, 1.54) is 84.5 Å². The minimum Gasteiger partial charge on any atom is -0.555 e. The van der Waals surface area contributed by atoms with Gasteiger partial charge in [-0.25, -0.2) is 7.11 Å². The van der Waals surface area contributed by atoms with E-state index in [0.717, 1.165) is 12.0 Å². The molecule has 0 aromatic rings. The van der Waals surface area contributed by atoms with Gasteiger partial charge in [0.15, 0.2) is 0 Å². The molecule has 0 bridgehead atoms. The topological polar surface area (TPSA) is 38.3 Å². The minimum absolute atomic E-state index is 0. The van der Waals surface area contributed by atoms with Gasteiger partial charge < -0.3 is 29.7 Å². The van der Waals surface area contributed by atoms with Gasteiger partial charge in [0.1, 0.15) is 5.78 Å². The second-order valence-electron chi connectivity index (χ2n) is 6.85. The summed E-state index contributed by atoms with van der Waals surface area (Å²) in [5, 5.41) is 3.05. The van der Waals surface area contributed by atoms with E-state index in [1.54, 1.807) is 0 Å². The molecule has 0 unspecified atom stereocenters. The third-order valence-corrected chi connectivity index (χ3v) is 4.40. The molecule has 2 fully saturated rings. The Balaban J connectivity index is -0.0000000577. The standard InChI is InChI=1S/C8H16.C7H14N.C3H7O.C3H6O.2CH3.2Y/c1-2-8-6-4-3-5-7-8;1-8-7-5-3-2-4-6-7;1-3-4-2;1-3(2)4;;;;/h8H,2-7H2,1H3;7-8H,1-6H2;2-3H2,1H3;1-2H3;2*1H3;;/q;2*-1;;2*-1;;. The molecule has 3 nitrogen and oxygen atoms in total. The summed E-state index contributed by atoms with van der Waals surface area (Å²) in [7, 11) is 6.76. The first-order valence-corrected chi connectivity index (χ1v) is 9.88. The molecule has 1 N–H and O–H groups in total. The van der Waals surface area contributed by atoms with Crippen molar-refractivity contribution in [3.05, 3.63) is 29.0 Å². The average molecular weight is 549 g/mol. The summed E-state index contributed by atoms with van der Waals surface area (Å²) in [6, 6.07) is 0.726. The normalized spacial score (nSPS) is 15.5. The number of hydrogen-bond donors (Lipinski definition) is 1. The first-order chi connectivity index (χ1) is 11.5. The van der Waals surface area contributed by atoms with E-state index >= 15 is 0 Å².